The zero-order chi connectivity index (χ0) is 15.7. The molecule has 6 heteroatoms. The number of halogens is 2. The van der Waals surface area contributed by atoms with E-state index in [0.717, 1.165) is 30.7 Å². The molecule has 0 aromatic heterocycles. The summed E-state index contributed by atoms with van der Waals surface area (Å²) in [6.07, 6.45) is 0. The Labute approximate surface area is 156 Å². The molecule has 0 aliphatic carbocycles. The quantitative estimate of drug-likeness (QED) is 0.296. The Morgan fingerprint density at radius 3 is 2.64 bits per heavy atom. The third-order valence-electron chi connectivity index (χ3n) is 3.27. The van der Waals surface area contributed by atoms with Gasteiger partial charge in [0, 0.05) is 37.2 Å². The lowest BCUT2D eigenvalue weighted by Crippen LogP contribution is -2.44. The molecule has 0 heterocycles. The van der Waals surface area contributed by atoms with Crippen LogP contribution in [0.25, 0.3) is 0 Å². The average Bonchev–Trinajstić information content (AvgIpc) is 2.46. The van der Waals surface area contributed by atoms with Gasteiger partial charge in [0.25, 0.3) is 0 Å². The van der Waals surface area contributed by atoms with Crippen LogP contribution in [-0.4, -0.2) is 39.3 Å². The lowest BCUT2D eigenvalue weighted by atomic mass is 9.84. The highest BCUT2D eigenvalue weighted by atomic mass is 127. The van der Waals surface area contributed by atoms with E-state index < -0.39 is 0 Å². The molecule has 0 saturated carbocycles. The van der Waals surface area contributed by atoms with Crippen molar-refractivity contribution in [2.24, 2.45) is 4.99 Å². The van der Waals surface area contributed by atoms with Crippen LogP contribution < -0.4 is 10.6 Å². The Balaban J connectivity index is 0.00000441. The van der Waals surface area contributed by atoms with Crippen LogP contribution in [-0.2, 0) is 10.2 Å². The molecule has 22 heavy (non-hydrogen) atoms. The smallest absolute Gasteiger partial charge is 0.191 e. The van der Waals surface area contributed by atoms with Crippen LogP contribution in [0.3, 0.4) is 0 Å². The average molecular weight is 440 g/mol. The summed E-state index contributed by atoms with van der Waals surface area (Å²) in [5.41, 5.74) is 1.16. The molecule has 0 atom stereocenters. The third-order valence-corrected chi connectivity index (χ3v) is 3.51. The van der Waals surface area contributed by atoms with Gasteiger partial charge in [-0.3, -0.25) is 4.99 Å². The summed E-state index contributed by atoms with van der Waals surface area (Å²) in [4.78, 5) is 4.21. The van der Waals surface area contributed by atoms with Gasteiger partial charge in [-0.25, -0.2) is 0 Å². The van der Waals surface area contributed by atoms with Crippen molar-refractivity contribution in [1.82, 2.24) is 10.6 Å². The first-order chi connectivity index (χ1) is 9.99. The molecule has 0 spiro atoms. The predicted octanol–water partition coefficient (Wildman–Crippen LogP) is 3.44. The Kier molecular flexibility index (Phi) is 10.8. The molecule has 0 amide bonds. The van der Waals surface area contributed by atoms with E-state index in [9.17, 15) is 0 Å². The number of ether oxygens (including phenoxy) is 1. The van der Waals surface area contributed by atoms with Gasteiger partial charge in [0.2, 0.25) is 0 Å². The Morgan fingerprint density at radius 1 is 1.32 bits per heavy atom. The Morgan fingerprint density at radius 2 is 2.05 bits per heavy atom. The second kappa shape index (κ2) is 11.1. The van der Waals surface area contributed by atoms with Crippen molar-refractivity contribution < 1.29 is 4.74 Å². The highest BCUT2D eigenvalue weighted by molar-refractivity contribution is 14.0. The van der Waals surface area contributed by atoms with Crippen molar-refractivity contribution in [2.45, 2.75) is 26.2 Å². The summed E-state index contributed by atoms with van der Waals surface area (Å²) in [6.45, 7) is 9.26. The zero-order valence-corrected chi connectivity index (χ0v) is 16.9. The summed E-state index contributed by atoms with van der Waals surface area (Å²) in [6, 6.07) is 7.98. The number of rotatable bonds is 7. The van der Waals surface area contributed by atoms with Crippen molar-refractivity contribution in [3.63, 3.8) is 0 Å². The molecule has 1 aromatic carbocycles. The topological polar surface area (TPSA) is 45.6 Å². The number of aliphatic imine (C=N–C) groups is 1. The largest absolute Gasteiger partial charge is 0.380 e. The fraction of sp³-hybridized carbons (Fsp3) is 0.562. The van der Waals surface area contributed by atoms with E-state index in [2.05, 4.69) is 35.5 Å². The van der Waals surface area contributed by atoms with Gasteiger partial charge in [-0.15, -0.1) is 24.0 Å². The van der Waals surface area contributed by atoms with Crippen molar-refractivity contribution >= 4 is 41.5 Å². The molecule has 0 bridgehead atoms. The first-order valence-corrected chi connectivity index (χ1v) is 7.65. The lowest BCUT2D eigenvalue weighted by molar-refractivity contribution is 0.152. The van der Waals surface area contributed by atoms with E-state index in [1.54, 1.807) is 7.05 Å². The molecule has 1 aromatic rings. The predicted molar refractivity (Wildman–Crippen MR) is 106 cm³/mol. The SMILES string of the molecule is CCOCCNC(=NC)NCC(C)(C)c1cccc(Cl)c1.I. The third kappa shape index (κ3) is 7.65. The maximum Gasteiger partial charge on any atom is 0.191 e. The number of hydrogen-bond acceptors (Lipinski definition) is 2. The molecule has 2 N–H and O–H groups in total. The highest BCUT2D eigenvalue weighted by Crippen LogP contribution is 2.24. The van der Waals surface area contributed by atoms with E-state index >= 15 is 0 Å². The molecule has 0 radical (unpaired) electrons. The summed E-state index contributed by atoms with van der Waals surface area (Å²) < 4.78 is 5.30. The number of guanidine groups is 1. The van der Waals surface area contributed by atoms with Crippen molar-refractivity contribution in [1.29, 1.82) is 0 Å². The van der Waals surface area contributed by atoms with Crippen LogP contribution in [0.4, 0.5) is 0 Å². The molecular formula is C16H27ClIN3O. The van der Waals surface area contributed by atoms with Crippen molar-refractivity contribution in [3.05, 3.63) is 34.9 Å². The molecule has 0 unspecified atom stereocenters. The minimum absolute atomic E-state index is 0. The van der Waals surface area contributed by atoms with Crippen LogP contribution in [0, 0.1) is 0 Å². The van der Waals surface area contributed by atoms with Gasteiger partial charge in [-0.2, -0.15) is 0 Å². The molecule has 1 rings (SSSR count). The molecule has 126 valence electrons. The standard InChI is InChI=1S/C16H26ClN3O.HI/c1-5-21-10-9-19-15(18-4)20-12-16(2,3)13-7-6-8-14(17)11-13;/h6-8,11H,5,9-10,12H2,1-4H3,(H2,18,19,20);1H. The van der Waals surface area contributed by atoms with Crippen LogP contribution in [0.15, 0.2) is 29.3 Å². The minimum atomic E-state index is -0.0392. The first kappa shape index (κ1) is 21.5. The van der Waals surface area contributed by atoms with Gasteiger partial charge in [-0.05, 0) is 24.6 Å². The van der Waals surface area contributed by atoms with Gasteiger partial charge in [0.1, 0.15) is 0 Å². The van der Waals surface area contributed by atoms with E-state index in [1.807, 2.05) is 25.1 Å². The van der Waals surface area contributed by atoms with Gasteiger partial charge in [0.05, 0.1) is 6.61 Å². The van der Waals surface area contributed by atoms with Gasteiger partial charge < -0.3 is 15.4 Å². The molecule has 4 nitrogen and oxygen atoms in total. The number of benzene rings is 1. The minimum Gasteiger partial charge on any atom is -0.380 e. The fourth-order valence-corrected chi connectivity index (χ4v) is 2.11. The summed E-state index contributed by atoms with van der Waals surface area (Å²) in [7, 11) is 1.77. The Hall–Kier alpha value is -0.530. The van der Waals surface area contributed by atoms with Gasteiger partial charge in [0.15, 0.2) is 5.96 Å². The van der Waals surface area contributed by atoms with Gasteiger partial charge >= 0.3 is 0 Å². The van der Waals surface area contributed by atoms with E-state index in [-0.39, 0.29) is 29.4 Å². The number of nitrogens with one attached hydrogen (secondary N) is 2. The first-order valence-electron chi connectivity index (χ1n) is 7.28. The van der Waals surface area contributed by atoms with E-state index in [0.29, 0.717) is 6.61 Å². The summed E-state index contributed by atoms with van der Waals surface area (Å²) in [5, 5.41) is 7.34. The second-order valence-corrected chi connectivity index (χ2v) is 5.88. The number of hydrogen-bond donors (Lipinski definition) is 2. The summed E-state index contributed by atoms with van der Waals surface area (Å²) >= 11 is 6.07. The molecule has 0 aliphatic heterocycles. The molecule has 0 saturated heterocycles. The monoisotopic (exact) mass is 439 g/mol. The van der Waals surface area contributed by atoms with Crippen LogP contribution >= 0.6 is 35.6 Å². The molecule has 0 aliphatic rings. The normalized spacial score (nSPS) is 11.8. The maximum atomic E-state index is 6.07. The second-order valence-electron chi connectivity index (χ2n) is 5.44. The highest BCUT2D eigenvalue weighted by Gasteiger charge is 2.21. The number of nitrogens with zero attached hydrogens (tertiary/aromatic N) is 1. The molecule has 0 fully saturated rings. The maximum absolute atomic E-state index is 6.07. The van der Waals surface area contributed by atoms with Gasteiger partial charge in [-0.1, -0.05) is 37.6 Å². The Bertz CT molecular complexity index is 466. The fourth-order valence-electron chi connectivity index (χ4n) is 1.92. The molecular weight excluding hydrogens is 413 g/mol. The lowest BCUT2D eigenvalue weighted by Gasteiger charge is -2.27. The zero-order valence-electron chi connectivity index (χ0n) is 13.8. The van der Waals surface area contributed by atoms with Crippen LogP contribution in [0.1, 0.15) is 26.3 Å². The van der Waals surface area contributed by atoms with E-state index in [4.69, 9.17) is 16.3 Å². The van der Waals surface area contributed by atoms with E-state index in [1.165, 1.54) is 5.56 Å². The summed E-state index contributed by atoms with van der Waals surface area (Å²) in [5.74, 6) is 0.782. The van der Waals surface area contributed by atoms with Crippen molar-refractivity contribution in [2.75, 3.05) is 33.4 Å². The van der Waals surface area contributed by atoms with Crippen LogP contribution in [0.5, 0.6) is 0 Å². The van der Waals surface area contributed by atoms with Crippen LogP contribution in [0.2, 0.25) is 5.02 Å². The van der Waals surface area contributed by atoms with Crippen molar-refractivity contribution in [3.8, 4) is 0 Å².